The van der Waals surface area contributed by atoms with E-state index < -0.39 is 5.97 Å². The van der Waals surface area contributed by atoms with Crippen LogP contribution in [0.15, 0.2) is 31.0 Å². The molecule has 0 amide bonds. The van der Waals surface area contributed by atoms with E-state index in [4.69, 9.17) is 5.11 Å². The molecule has 0 saturated carbocycles. The van der Waals surface area contributed by atoms with Crippen LogP contribution in [-0.4, -0.2) is 37.1 Å². The van der Waals surface area contributed by atoms with Gasteiger partial charge in [-0.1, -0.05) is 0 Å². The summed E-state index contributed by atoms with van der Waals surface area (Å²) < 4.78 is 1.69. The lowest BCUT2D eigenvalue weighted by atomic mass is 10.5. The number of carboxylic acids is 1. The fourth-order valence-electron chi connectivity index (χ4n) is 1.28. The van der Waals surface area contributed by atoms with Crippen LogP contribution in [0.1, 0.15) is 10.5 Å². The number of anilines is 1. The third-order valence-corrected chi connectivity index (χ3v) is 2.07. The zero-order valence-electron chi connectivity index (χ0n) is 8.95. The predicted octanol–water partition coefficient (Wildman–Crippen LogP) is 0.483. The van der Waals surface area contributed by atoms with Gasteiger partial charge in [0.25, 0.3) is 0 Å². The predicted molar refractivity (Wildman–Crippen MR) is 59.7 cm³/mol. The van der Waals surface area contributed by atoms with Crippen LogP contribution in [0, 0.1) is 0 Å². The van der Waals surface area contributed by atoms with Crippen molar-refractivity contribution in [2.24, 2.45) is 0 Å². The Hall–Kier alpha value is -2.44. The number of hydrogen-bond donors (Lipinski definition) is 2. The smallest absolute Gasteiger partial charge is 0.356 e. The van der Waals surface area contributed by atoms with Gasteiger partial charge in [0.1, 0.15) is 0 Å². The number of aromatic carboxylic acids is 1. The van der Waals surface area contributed by atoms with Gasteiger partial charge in [-0.15, -0.1) is 0 Å². The van der Waals surface area contributed by atoms with Gasteiger partial charge < -0.3 is 15.0 Å². The molecule has 17 heavy (non-hydrogen) atoms. The molecule has 2 heterocycles. The first-order valence-electron chi connectivity index (χ1n) is 5.01. The van der Waals surface area contributed by atoms with Crippen molar-refractivity contribution in [1.82, 2.24) is 19.5 Å². The zero-order valence-corrected chi connectivity index (χ0v) is 8.95. The van der Waals surface area contributed by atoms with E-state index in [-0.39, 0.29) is 5.69 Å². The highest BCUT2D eigenvalue weighted by atomic mass is 16.4. The monoisotopic (exact) mass is 233 g/mol. The summed E-state index contributed by atoms with van der Waals surface area (Å²) in [6.07, 6.45) is 6.26. The molecule has 2 aromatic rings. The Labute approximate surface area is 97.2 Å². The van der Waals surface area contributed by atoms with Gasteiger partial charge in [0.2, 0.25) is 5.95 Å². The Morgan fingerprint density at radius 3 is 2.76 bits per heavy atom. The first kappa shape index (κ1) is 11.1. The fraction of sp³-hybridized carbons (Fsp3) is 0.200. The molecule has 0 saturated heterocycles. The highest BCUT2D eigenvalue weighted by Crippen LogP contribution is 1.97. The highest BCUT2D eigenvalue weighted by molar-refractivity contribution is 5.84. The van der Waals surface area contributed by atoms with E-state index in [1.807, 2.05) is 0 Å². The third-order valence-electron chi connectivity index (χ3n) is 2.07. The molecule has 0 aromatic carbocycles. The molecule has 0 unspecified atom stereocenters. The summed E-state index contributed by atoms with van der Waals surface area (Å²) in [5.41, 5.74) is 0.0426. The van der Waals surface area contributed by atoms with Crippen LogP contribution >= 0.6 is 0 Å². The summed E-state index contributed by atoms with van der Waals surface area (Å²) in [6.45, 7) is 1.19. The molecule has 2 aromatic heterocycles. The minimum atomic E-state index is -1.02. The molecular weight excluding hydrogens is 222 g/mol. The average Bonchev–Trinajstić information content (AvgIpc) is 2.79. The van der Waals surface area contributed by atoms with Gasteiger partial charge in [-0.3, -0.25) is 0 Å². The van der Waals surface area contributed by atoms with Gasteiger partial charge >= 0.3 is 5.97 Å². The molecule has 0 spiro atoms. The first-order chi connectivity index (χ1) is 8.25. The molecular formula is C10H11N5O2. The van der Waals surface area contributed by atoms with Crippen molar-refractivity contribution in [2.45, 2.75) is 6.54 Å². The largest absolute Gasteiger partial charge is 0.476 e. The lowest BCUT2D eigenvalue weighted by Gasteiger charge is -2.04. The molecule has 2 rings (SSSR count). The zero-order chi connectivity index (χ0) is 12.1. The summed E-state index contributed by atoms with van der Waals surface area (Å²) in [7, 11) is 0. The molecule has 0 atom stereocenters. The summed E-state index contributed by atoms with van der Waals surface area (Å²) in [5, 5.41) is 11.7. The van der Waals surface area contributed by atoms with Crippen LogP contribution in [0.2, 0.25) is 0 Å². The first-order valence-corrected chi connectivity index (χ1v) is 5.01. The van der Waals surface area contributed by atoms with E-state index in [0.29, 0.717) is 19.0 Å². The Bertz CT molecular complexity index is 496. The summed E-state index contributed by atoms with van der Waals surface area (Å²) in [4.78, 5) is 22.3. The maximum Gasteiger partial charge on any atom is 0.356 e. The number of imidazole rings is 1. The Morgan fingerprint density at radius 2 is 2.12 bits per heavy atom. The lowest BCUT2D eigenvalue weighted by molar-refractivity contribution is 0.0691. The molecule has 0 radical (unpaired) electrons. The number of rotatable bonds is 5. The van der Waals surface area contributed by atoms with Crippen molar-refractivity contribution in [3.05, 3.63) is 36.7 Å². The molecule has 0 aliphatic rings. The van der Waals surface area contributed by atoms with Crippen molar-refractivity contribution in [3.63, 3.8) is 0 Å². The molecule has 0 aliphatic heterocycles. The van der Waals surface area contributed by atoms with Gasteiger partial charge in [0, 0.05) is 31.7 Å². The van der Waals surface area contributed by atoms with Crippen molar-refractivity contribution in [2.75, 3.05) is 11.9 Å². The van der Waals surface area contributed by atoms with E-state index in [0.717, 1.165) is 0 Å². The van der Waals surface area contributed by atoms with Crippen LogP contribution < -0.4 is 5.32 Å². The molecule has 0 bridgehead atoms. The van der Waals surface area contributed by atoms with Crippen molar-refractivity contribution < 1.29 is 9.90 Å². The van der Waals surface area contributed by atoms with Crippen LogP contribution in [0.5, 0.6) is 0 Å². The Kier molecular flexibility index (Phi) is 3.29. The van der Waals surface area contributed by atoms with Gasteiger partial charge in [-0.2, -0.15) is 0 Å². The number of nitrogens with zero attached hydrogens (tertiary/aromatic N) is 4. The average molecular weight is 233 g/mol. The normalized spacial score (nSPS) is 10.1. The molecule has 0 aliphatic carbocycles. The van der Waals surface area contributed by atoms with Crippen LogP contribution in [0.25, 0.3) is 0 Å². The lowest BCUT2D eigenvalue weighted by Crippen LogP contribution is -2.11. The Morgan fingerprint density at radius 1 is 1.35 bits per heavy atom. The van der Waals surface area contributed by atoms with E-state index in [1.54, 1.807) is 23.0 Å². The van der Waals surface area contributed by atoms with Crippen LogP contribution in [-0.2, 0) is 6.54 Å². The molecule has 88 valence electrons. The van der Waals surface area contributed by atoms with Gasteiger partial charge in [0.15, 0.2) is 5.69 Å². The highest BCUT2D eigenvalue weighted by Gasteiger charge is 2.05. The Balaban J connectivity index is 1.84. The van der Waals surface area contributed by atoms with E-state index in [9.17, 15) is 4.79 Å². The van der Waals surface area contributed by atoms with E-state index >= 15 is 0 Å². The maximum absolute atomic E-state index is 10.6. The summed E-state index contributed by atoms with van der Waals surface area (Å²) in [5.74, 6) is -0.478. The molecule has 0 fully saturated rings. The van der Waals surface area contributed by atoms with Crippen molar-refractivity contribution in [3.8, 4) is 0 Å². The molecule has 7 nitrogen and oxygen atoms in total. The van der Waals surface area contributed by atoms with Gasteiger partial charge in [-0.25, -0.2) is 19.7 Å². The maximum atomic E-state index is 10.6. The second kappa shape index (κ2) is 5.06. The van der Waals surface area contributed by atoms with Crippen LogP contribution in [0.4, 0.5) is 5.95 Å². The van der Waals surface area contributed by atoms with Gasteiger partial charge in [0.05, 0.1) is 6.33 Å². The second-order valence-electron chi connectivity index (χ2n) is 3.30. The summed E-state index contributed by atoms with van der Waals surface area (Å²) >= 11 is 0. The number of carbonyl (C=O) groups is 1. The number of aromatic nitrogens is 4. The van der Waals surface area contributed by atoms with Crippen molar-refractivity contribution >= 4 is 11.9 Å². The minimum absolute atomic E-state index is 0.0426. The summed E-state index contributed by atoms with van der Waals surface area (Å²) in [6, 6.07) is 1.74. The molecule has 7 heteroatoms. The quantitative estimate of drug-likeness (QED) is 0.780. The fourth-order valence-corrected chi connectivity index (χ4v) is 1.28. The van der Waals surface area contributed by atoms with Crippen LogP contribution in [0.3, 0.4) is 0 Å². The molecule has 2 N–H and O–H groups in total. The second-order valence-corrected chi connectivity index (χ2v) is 3.30. The van der Waals surface area contributed by atoms with Gasteiger partial charge in [-0.05, 0) is 6.07 Å². The van der Waals surface area contributed by atoms with Crippen molar-refractivity contribution in [1.29, 1.82) is 0 Å². The standard InChI is InChI=1S/C10H11N5O2/c16-9(17)8-6-15(7-14-8)5-4-13-10-11-2-1-3-12-10/h1-3,6-7H,4-5H2,(H,16,17)(H,11,12,13). The number of nitrogens with one attached hydrogen (secondary N) is 1. The minimum Gasteiger partial charge on any atom is -0.476 e. The van der Waals surface area contributed by atoms with E-state index in [2.05, 4.69) is 20.3 Å². The number of hydrogen-bond acceptors (Lipinski definition) is 5. The van der Waals surface area contributed by atoms with E-state index in [1.165, 1.54) is 12.5 Å². The SMILES string of the molecule is O=C(O)c1cn(CCNc2ncccn2)cn1. The topological polar surface area (TPSA) is 92.9 Å². The third kappa shape index (κ3) is 3.00. The number of carboxylic acid groups (broad SMARTS) is 1.